The molecule has 0 saturated heterocycles. The number of rotatable bonds is 5. The number of methoxy groups -OCH3 is 1. The minimum Gasteiger partial charge on any atom is -0.385 e. The molecule has 1 aromatic carbocycles. The Morgan fingerprint density at radius 3 is 2.29 bits per heavy atom. The molecule has 0 spiro atoms. The highest BCUT2D eigenvalue weighted by Crippen LogP contribution is 2.15. The standard InChI is InChI=1S/C13H20O/c1-11(2)13-8-6-12(7-9-13)5-4-10-14-3/h6-9,11H,4-5,10H2,1-3H3. The second-order valence-corrected chi connectivity index (χ2v) is 3.99. The fourth-order valence-electron chi connectivity index (χ4n) is 1.49. The van der Waals surface area contributed by atoms with Crippen molar-refractivity contribution in [2.24, 2.45) is 0 Å². The van der Waals surface area contributed by atoms with Crippen LogP contribution < -0.4 is 0 Å². The lowest BCUT2D eigenvalue weighted by Crippen LogP contribution is -1.93. The van der Waals surface area contributed by atoms with Gasteiger partial charge in [-0.15, -0.1) is 0 Å². The van der Waals surface area contributed by atoms with Gasteiger partial charge in [0.15, 0.2) is 0 Å². The fourth-order valence-corrected chi connectivity index (χ4v) is 1.49. The number of hydrogen-bond donors (Lipinski definition) is 0. The van der Waals surface area contributed by atoms with Gasteiger partial charge in [-0.3, -0.25) is 0 Å². The molecule has 1 heteroatoms. The maximum atomic E-state index is 5.03. The molecular formula is C13H20O. The molecule has 0 unspecified atom stereocenters. The van der Waals surface area contributed by atoms with E-state index < -0.39 is 0 Å². The summed E-state index contributed by atoms with van der Waals surface area (Å²) in [6, 6.07) is 8.91. The number of hydrogen-bond acceptors (Lipinski definition) is 1. The van der Waals surface area contributed by atoms with Crippen LogP contribution in [0.1, 0.15) is 37.3 Å². The van der Waals surface area contributed by atoms with Crippen molar-refractivity contribution < 1.29 is 4.74 Å². The number of benzene rings is 1. The van der Waals surface area contributed by atoms with Crippen molar-refractivity contribution in [1.29, 1.82) is 0 Å². The molecule has 0 radical (unpaired) electrons. The Balaban J connectivity index is 2.47. The molecule has 0 bridgehead atoms. The lowest BCUT2D eigenvalue weighted by molar-refractivity contribution is 0.195. The first-order chi connectivity index (χ1) is 6.74. The third-order valence-corrected chi connectivity index (χ3v) is 2.46. The highest BCUT2D eigenvalue weighted by atomic mass is 16.5. The first-order valence-electron chi connectivity index (χ1n) is 5.32. The predicted molar refractivity (Wildman–Crippen MR) is 60.7 cm³/mol. The summed E-state index contributed by atoms with van der Waals surface area (Å²) < 4.78 is 5.03. The van der Waals surface area contributed by atoms with Crippen molar-refractivity contribution in [3.63, 3.8) is 0 Å². The molecule has 1 nitrogen and oxygen atoms in total. The summed E-state index contributed by atoms with van der Waals surface area (Å²) >= 11 is 0. The molecule has 0 saturated carbocycles. The monoisotopic (exact) mass is 192 g/mol. The van der Waals surface area contributed by atoms with Gasteiger partial charge in [-0.1, -0.05) is 38.1 Å². The van der Waals surface area contributed by atoms with Gasteiger partial charge in [-0.2, -0.15) is 0 Å². The van der Waals surface area contributed by atoms with Gasteiger partial charge < -0.3 is 4.74 Å². The highest BCUT2D eigenvalue weighted by Gasteiger charge is 1.98. The first-order valence-corrected chi connectivity index (χ1v) is 5.32. The molecule has 0 aliphatic heterocycles. The normalized spacial score (nSPS) is 10.9. The molecule has 78 valence electrons. The first kappa shape index (κ1) is 11.3. The minimum atomic E-state index is 0.628. The van der Waals surface area contributed by atoms with Crippen molar-refractivity contribution in [3.05, 3.63) is 35.4 Å². The van der Waals surface area contributed by atoms with Crippen molar-refractivity contribution >= 4 is 0 Å². The summed E-state index contributed by atoms with van der Waals surface area (Å²) in [5.74, 6) is 0.628. The smallest absolute Gasteiger partial charge is 0.0465 e. The topological polar surface area (TPSA) is 9.23 Å². The maximum Gasteiger partial charge on any atom is 0.0465 e. The zero-order chi connectivity index (χ0) is 10.4. The maximum absolute atomic E-state index is 5.03. The Labute approximate surface area is 87.1 Å². The molecular weight excluding hydrogens is 172 g/mol. The number of aryl methyl sites for hydroxylation is 1. The molecule has 0 fully saturated rings. The SMILES string of the molecule is COCCCc1ccc(C(C)C)cc1. The fraction of sp³-hybridized carbons (Fsp3) is 0.538. The Bertz CT molecular complexity index is 248. The van der Waals surface area contributed by atoms with Crippen molar-refractivity contribution in [3.8, 4) is 0 Å². The molecule has 0 amide bonds. The van der Waals surface area contributed by atoms with Crippen LogP contribution in [0.2, 0.25) is 0 Å². The van der Waals surface area contributed by atoms with E-state index in [-0.39, 0.29) is 0 Å². The van der Waals surface area contributed by atoms with Crippen LogP contribution in [-0.4, -0.2) is 13.7 Å². The molecule has 0 N–H and O–H groups in total. The van der Waals surface area contributed by atoms with Gasteiger partial charge in [0.1, 0.15) is 0 Å². The Morgan fingerprint density at radius 2 is 1.79 bits per heavy atom. The lowest BCUT2D eigenvalue weighted by Gasteiger charge is -2.06. The van der Waals surface area contributed by atoms with Crippen LogP contribution >= 0.6 is 0 Å². The third kappa shape index (κ3) is 3.51. The van der Waals surface area contributed by atoms with Crippen LogP contribution in [0.4, 0.5) is 0 Å². The summed E-state index contributed by atoms with van der Waals surface area (Å²) in [7, 11) is 1.75. The second kappa shape index (κ2) is 5.82. The zero-order valence-corrected chi connectivity index (χ0v) is 9.42. The van der Waals surface area contributed by atoms with Crippen LogP contribution in [0.3, 0.4) is 0 Å². The van der Waals surface area contributed by atoms with E-state index in [1.165, 1.54) is 11.1 Å². The summed E-state index contributed by atoms with van der Waals surface area (Å²) in [5, 5.41) is 0. The quantitative estimate of drug-likeness (QED) is 0.650. The summed E-state index contributed by atoms with van der Waals surface area (Å²) in [4.78, 5) is 0. The Morgan fingerprint density at radius 1 is 1.14 bits per heavy atom. The van der Waals surface area contributed by atoms with E-state index in [0.717, 1.165) is 19.4 Å². The van der Waals surface area contributed by atoms with Crippen LogP contribution in [0, 0.1) is 0 Å². The van der Waals surface area contributed by atoms with Crippen molar-refractivity contribution in [1.82, 2.24) is 0 Å². The third-order valence-electron chi connectivity index (χ3n) is 2.46. The van der Waals surface area contributed by atoms with Gasteiger partial charge in [0.05, 0.1) is 0 Å². The van der Waals surface area contributed by atoms with Gasteiger partial charge >= 0.3 is 0 Å². The van der Waals surface area contributed by atoms with Gasteiger partial charge in [-0.25, -0.2) is 0 Å². The molecule has 14 heavy (non-hydrogen) atoms. The van der Waals surface area contributed by atoms with E-state index in [4.69, 9.17) is 4.74 Å². The van der Waals surface area contributed by atoms with Crippen molar-refractivity contribution in [2.45, 2.75) is 32.6 Å². The predicted octanol–water partition coefficient (Wildman–Crippen LogP) is 3.39. The molecule has 0 aromatic heterocycles. The Hall–Kier alpha value is -0.820. The lowest BCUT2D eigenvalue weighted by atomic mass is 10.0. The molecule has 0 aliphatic rings. The second-order valence-electron chi connectivity index (χ2n) is 3.99. The van der Waals surface area contributed by atoms with Gasteiger partial charge in [0.2, 0.25) is 0 Å². The van der Waals surface area contributed by atoms with E-state index in [9.17, 15) is 0 Å². The van der Waals surface area contributed by atoms with Crippen LogP contribution in [0.15, 0.2) is 24.3 Å². The largest absolute Gasteiger partial charge is 0.385 e. The van der Waals surface area contributed by atoms with Gasteiger partial charge in [0, 0.05) is 13.7 Å². The molecule has 1 aromatic rings. The summed E-state index contributed by atoms with van der Waals surface area (Å²) in [6.45, 7) is 5.30. The zero-order valence-electron chi connectivity index (χ0n) is 9.42. The number of ether oxygens (including phenoxy) is 1. The molecule has 0 atom stereocenters. The highest BCUT2D eigenvalue weighted by molar-refractivity contribution is 5.24. The van der Waals surface area contributed by atoms with E-state index in [2.05, 4.69) is 38.1 Å². The van der Waals surface area contributed by atoms with Crippen LogP contribution in [-0.2, 0) is 11.2 Å². The minimum absolute atomic E-state index is 0.628. The molecule has 0 aliphatic carbocycles. The average Bonchev–Trinajstić information content (AvgIpc) is 2.19. The molecule has 1 rings (SSSR count). The Kier molecular flexibility index (Phi) is 4.68. The van der Waals surface area contributed by atoms with Crippen molar-refractivity contribution in [2.75, 3.05) is 13.7 Å². The van der Waals surface area contributed by atoms with E-state index in [1.54, 1.807) is 7.11 Å². The van der Waals surface area contributed by atoms with Gasteiger partial charge in [0.25, 0.3) is 0 Å². The molecule has 0 heterocycles. The van der Waals surface area contributed by atoms with Crippen LogP contribution in [0.25, 0.3) is 0 Å². The average molecular weight is 192 g/mol. The van der Waals surface area contributed by atoms with E-state index in [1.807, 2.05) is 0 Å². The van der Waals surface area contributed by atoms with E-state index in [0.29, 0.717) is 5.92 Å². The van der Waals surface area contributed by atoms with Gasteiger partial charge in [-0.05, 0) is 29.9 Å². The van der Waals surface area contributed by atoms with E-state index >= 15 is 0 Å². The summed E-state index contributed by atoms with van der Waals surface area (Å²) in [6.07, 6.45) is 2.23. The summed E-state index contributed by atoms with van der Waals surface area (Å²) in [5.41, 5.74) is 2.83. The van der Waals surface area contributed by atoms with Crippen LogP contribution in [0.5, 0.6) is 0 Å².